The van der Waals surface area contributed by atoms with Crippen molar-refractivity contribution in [3.8, 4) is 0 Å². The Bertz CT molecular complexity index is 1160. The highest BCUT2D eigenvalue weighted by Crippen LogP contribution is 2.41. The Morgan fingerprint density at radius 3 is 2.41 bits per heavy atom. The van der Waals surface area contributed by atoms with Crippen molar-refractivity contribution < 1.29 is 9.59 Å². The highest BCUT2D eigenvalue weighted by atomic mass is 35.5. The number of anilines is 1. The quantitative estimate of drug-likeness (QED) is 0.478. The molecule has 0 saturated heterocycles. The van der Waals surface area contributed by atoms with E-state index in [0.717, 1.165) is 28.1 Å². The van der Waals surface area contributed by atoms with Crippen LogP contribution in [0.2, 0.25) is 5.02 Å². The number of amides is 2. The molecule has 0 unspecified atom stereocenters. The molecule has 3 aromatic rings. The van der Waals surface area contributed by atoms with Gasteiger partial charge in [0, 0.05) is 16.5 Å². The number of nitrogens with zero attached hydrogens (tertiary/aromatic N) is 1. The standard InChI is InChI=1S/C26H23ClN2O2S/c1-2-18-7-9-19(10-8-18)15-24-26(31)29(22-5-3-4-6-23(22)32-24)17-25(30)28-16-20-11-13-21(27)14-12-20/h3-15H,2,16-17H2,1H3,(H,28,30)/b24-15+. The number of fused-ring (bicyclic) bond motifs is 1. The van der Waals surface area contributed by atoms with Crippen molar-refractivity contribution in [2.24, 2.45) is 0 Å². The number of carbonyl (C=O) groups excluding carboxylic acids is 2. The first kappa shape index (κ1) is 22.2. The lowest BCUT2D eigenvalue weighted by Gasteiger charge is -2.29. The van der Waals surface area contributed by atoms with E-state index in [0.29, 0.717) is 16.5 Å². The molecule has 0 spiro atoms. The molecule has 4 rings (SSSR count). The monoisotopic (exact) mass is 462 g/mol. The number of hydrogen-bond donors (Lipinski definition) is 1. The van der Waals surface area contributed by atoms with Crippen molar-refractivity contribution in [3.05, 3.63) is 99.4 Å². The minimum atomic E-state index is -0.221. The first-order valence-corrected chi connectivity index (χ1v) is 11.6. The van der Waals surface area contributed by atoms with Crippen LogP contribution >= 0.6 is 23.4 Å². The van der Waals surface area contributed by atoms with Crippen LogP contribution in [0.1, 0.15) is 23.6 Å². The summed E-state index contributed by atoms with van der Waals surface area (Å²) in [5, 5.41) is 3.54. The predicted molar refractivity (Wildman–Crippen MR) is 132 cm³/mol. The molecule has 2 amide bonds. The Kier molecular flexibility index (Phi) is 6.98. The van der Waals surface area contributed by atoms with E-state index >= 15 is 0 Å². The summed E-state index contributed by atoms with van der Waals surface area (Å²) in [6.07, 6.45) is 2.86. The molecular formula is C26H23ClN2O2S. The Morgan fingerprint density at radius 1 is 1.00 bits per heavy atom. The fourth-order valence-corrected chi connectivity index (χ4v) is 4.61. The number of hydrogen-bond acceptors (Lipinski definition) is 3. The average molecular weight is 463 g/mol. The molecule has 0 saturated carbocycles. The zero-order chi connectivity index (χ0) is 22.5. The van der Waals surface area contributed by atoms with Gasteiger partial charge in [-0.2, -0.15) is 0 Å². The minimum Gasteiger partial charge on any atom is -0.350 e. The lowest BCUT2D eigenvalue weighted by Crippen LogP contribution is -2.42. The van der Waals surface area contributed by atoms with E-state index < -0.39 is 0 Å². The Hall–Kier alpha value is -3.02. The maximum absolute atomic E-state index is 13.3. The number of thioether (sulfide) groups is 1. The van der Waals surface area contributed by atoms with Gasteiger partial charge in [-0.05, 0) is 53.5 Å². The van der Waals surface area contributed by atoms with Crippen LogP contribution in [0.4, 0.5) is 5.69 Å². The van der Waals surface area contributed by atoms with E-state index in [1.165, 1.54) is 17.3 Å². The summed E-state index contributed by atoms with van der Waals surface area (Å²) in [6, 6.07) is 23.1. The lowest BCUT2D eigenvalue weighted by molar-refractivity contribution is -0.122. The fraction of sp³-hybridized carbons (Fsp3) is 0.154. The van der Waals surface area contributed by atoms with E-state index in [2.05, 4.69) is 24.4 Å². The van der Waals surface area contributed by atoms with Gasteiger partial charge in [0.05, 0.1) is 10.6 Å². The third-order valence-electron chi connectivity index (χ3n) is 5.22. The van der Waals surface area contributed by atoms with Crippen LogP contribution in [0, 0.1) is 0 Å². The van der Waals surface area contributed by atoms with Crippen LogP contribution < -0.4 is 10.2 Å². The molecule has 0 fully saturated rings. The van der Waals surface area contributed by atoms with Crippen LogP contribution in [0.5, 0.6) is 0 Å². The molecule has 0 radical (unpaired) electrons. The maximum atomic E-state index is 13.3. The molecule has 162 valence electrons. The molecule has 0 aromatic heterocycles. The van der Waals surface area contributed by atoms with Crippen LogP contribution in [0.15, 0.2) is 82.6 Å². The summed E-state index contributed by atoms with van der Waals surface area (Å²) in [5.41, 5.74) is 3.91. The molecule has 3 aromatic carbocycles. The van der Waals surface area contributed by atoms with E-state index in [4.69, 9.17) is 11.6 Å². The van der Waals surface area contributed by atoms with Gasteiger partial charge < -0.3 is 5.32 Å². The summed E-state index contributed by atoms with van der Waals surface area (Å²) in [6.45, 7) is 2.44. The third-order valence-corrected chi connectivity index (χ3v) is 6.55. The molecule has 1 heterocycles. The van der Waals surface area contributed by atoms with Crippen LogP contribution in [-0.2, 0) is 22.6 Å². The molecule has 1 aliphatic heterocycles. The van der Waals surface area contributed by atoms with Crippen molar-refractivity contribution in [3.63, 3.8) is 0 Å². The second-order valence-corrected chi connectivity index (χ2v) is 8.99. The number of nitrogens with one attached hydrogen (secondary N) is 1. The molecule has 0 aliphatic carbocycles. The van der Waals surface area contributed by atoms with Gasteiger partial charge in [0.25, 0.3) is 5.91 Å². The summed E-state index contributed by atoms with van der Waals surface area (Å²) in [7, 11) is 0. The van der Waals surface area contributed by atoms with Gasteiger partial charge >= 0.3 is 0 Å². The molecule has 6 heteroatoms. The van der Waals surface area contributed by atoms with Crippen molar-refractivity contribution in [2.75, 3.05) is 11.4 Å². The number of aryl methyl sites for hydroxylation is 1. The SMILES string of the molecule is CCc1ccc(/C=C2/Sc3ccccc3N(CC(=O)NCc3ccc(Cl)cc3)C2=O)cc1. The highest BCUT2D eigenvalue weighted by Gasteiger charge is 2.30. The summed E-state index contributed by atoms with van der Waals surface area (Å²) >= 11 is 7.35. The Morgan fingerprint density at radius 2 is 1.69 bits per heavy atom. The number of halogens is 1. The fourth-order valence-electron chi connectivity index (χ4n) is 3.42. The minimum absolute atomic E-state index is 0.0455. The Balaban J connectivity index is 1.53. The number of para-hydroxylation sites is 1. The van der Waals surface area contributed by atoms with Crippen LogP contribution in [0.3, 0.4) is 0 Å². The van der Waals surface area contributed by atoms with Crippen molar-refractivity contribution >= 4 is 46.9 Å². The van der Waals surface area contributed by atoms with Crippen molar-refractivity contribution in [1.29, 1.82) is 0 Å². The third kappa shape index (κ3) is 5.23. The smallest absolute Gasteiger partial charge is 0.265 e. The summed E-state index contributed by atoms with van der Waals surface area (Å²) in [5.74, 6) is -0.392. The lowest BCUT2D eigenvalue weighted by atomic mass is 10.1. The van der Waals surface area contributed by atoms with Gasteiger partial charge in [-0.25, -0.2) is 0 Å². The molecule has 1 aliphatic rings. The van der Waals surface area contributed by atoms with Gasteiger partial charge in [-0.1, -0.05) is 78.8 Å². The van der Waals surface area contributed by atoms with E-state index in [9.17, 15) is 9.59 Å². The van der Waals surface area contributed by atoms with Crippen molar-refractivity contribution in [1.82, 2.24) is 5.32 Å². The number of carbonyl (C=O) groups is 2. The van der Waals surface area contributed by atoms with E-state index in [-0.39, 0.29) is 18.4 Å². The molecular weight excluding hydrogens is 440 g/mol. The van der Waals surface area contributed by atoms with E-state index in [1.54, 1.807) is 17.0 Å². The number of rotatable bonds is 6. The Labute approximate surface area is 197 Å². The second-order valence-electron chi connectivity index (χ2n) is 7.47. The topological polar surface area (TPSA) is 49.4 Å². The first-order valence-electron chi connectivity index (χ1n) is 10.4. The molecule has 32 heavy (non-hydrogen) atoms. The normalized spacial score (nSPS) is 14.4. The molecule has 0 atom stereocenters. The first-order chi connectivity index (χ1) is 15.5. The van der Waals surface area contributed by atoms with Gasteiger partial charge in [0.15, 0.2) is 0 Å². The van der Waals surface area contributed by atoms with Crippen LogP contribution in [0.25, 0.3) is 6.08 Å². The van der Waals surface area contributed by atoms with Crippen molar-refractivity contribution in [2.45, 2.75) is 24.8 Å². The zero-order valence-corrected chi connectivity index (χ0v) is 19.2. The predicted octanol–water partition coefficient (Wildman–Crippen LogP) is 5.70. The second kappa shape index (κ2) is 10.1. The van der Waals surface area contributed by atoms with Gasteiger partial charge in [-0.15, -0.1) is 0 Å². The zero-order valence-electron chi connectivity index (χ0n) is 17.7. The summed E-state index contributed by atoms with van der Waals surface area (Å²) < 4.78 is 0. The molecule has 4 nitrogen and oxygen atoms in total. The van der Waals surface area contributed by atoms with Gasteiger partial charge in [0.2, 0.25) is 5.91 Å². The largest absolute Gasteiger partial charge is 0.350 e. The molecule has 1 N–H and O–H groups in total. The van der Waals surface area contributed by atoms with Gasteiger partial charge in [0.1, 0.15) is 6.54 Å². The highest BCUT2D eigenvalue weighted by molar-refractivity contribution is 8.04. The summed E-state index contributed by atoms with van der Waals surface area (Å²) in [4.78, 5) is 29.1. The number of benzene rings is 3. The van der Waals surface area contributed by atoms with Gasteiger partial charge in [-0.3, -0.25) is 14.5 Å². The molecule has 0 bridgehead atoms. The average Bonchev–Trinajstić information content (AvgIpc) is 2.82. The van der Waals surface area contributed by atoms with E-state index in [1.807, 2.05) is 54.6 Å². The van der Waals surface area contributed by atoms with Crippen LogP contribution in [-0.4, -0.2) is 18.4 Å². The maximum Gasteiger partial charge on any atom is 0.265 e.